The third-order valence-electron chi connectivity index (χ3n) is 2.86. The molecule has 0 saturated carbocycles. The molecule has 0 radical (unpaired) electrons. The summed E-state index contributed by atoms with van der Waals surface area (Å²) < 4.78 is 0. The molecule has 0 aromatic rings. The summed E-state index contributed by atoms with van der Waals surface area (Å²) >= 11 is 0. The van der Waals surface area contributed by atoms with E-state index in [1.165, 1.54) is 38.5 Å². The molecule has 0 aromatic carbocycles. The Morgan fingerprint density at radius 3 is 2.21 bits per heavy atom. The minimum absolute atomic E-state index is 0.218. The van der Waals surface area contributed by atoms with E-state index in [4.69, 9.17) is 5.73 Å². The van der Waals surface area contributed by atoms with E-state index in [0.29, 0.717) is 0 Å². The predicted molar refractivity (Wildman–Crippen MR) is 58.8 cm³/mol. The van der Waals surface area contributed by atoms with Gasteiger partial charge in [-0.3, -0.25) is 4.79 Å². The van der Waals surface area contributed by atoms with Crippen molar-refractivity contribution in [3.05, 3.63) is 11.6 Å². The second kappa shape index (κ2) is 6.63. The molecular formula is C12H21NO. The highest BCUT2D eigenvalue weighted by atomic mass is 16.1. The summed E-state index contributed by atoms with van der Waals surface area (Å²) in [7, 11) is 0. The Bertz CT molecular complexity index is 208. The molecule has 2 nitrogen and oxygen atoms in total. The summed E-state index contributed by atoms with van der Waals surface area (Å²) in [6, 6.07) is 0. The van der Waals surface area contributed by atoms with E-state index >= 15 is 0 Å². The second-order valence-electron chi connectivity index (χ2n) is 4.11. The highest BCUT2D eigenvalue weighted by Gasteiger charge is 2.05. The molecule has 0 atom stereocenters. The summed E-state index contributed by atoms with van der Waals surface area (Å²) in [4.78, 5) is 11.1. The summed E-state index contributed by atoms with van der Waals surface area (Å²) in [5, 5.41) is 0. The molecule has 0 fully saturated rings. The SMILES string of the molecule is NC(=O)C1=CCCCCCCCCC1. The van der Waals surface area contributed by atoms with Crippen molar-refractivity contribution >= 4 is 5.91 Å². The lowest BCUT2D eigenvalue weighted by atomic mass is 10.1. The van der Waals surface area contributed by atoms with Crippen molar-refractivity contribution < 1.29 is 4.79 Å². The number of carbonyl (C=O) groups is 1. The van der Waals surface area contributed by atoms with Crippen LogP contribution in [0.5, 0.6) is 0 Å². The van der Waals surface area contributed by atoms with Gasteiger partial charge in [0.2, 0.25) is 5.91 Å². The third-order valence-corrected chi connectivity index (χ3v) is 2.86. The van der Waals surface area contributed by atoms with Gasteiger partial charge in [-0.1, -0.05) is 38.2 Å². The lowest BCUT2D eigenvalue weighted by molar-refractivity contribution is -0.114. The summed E-state index contributed by atoms with van der Waals surface area (Å²) in [5.41, 5.74) is 6.16. The molecule has 2 N–H and O–H groups in total. The molecule has 1 amide bonds. The molecule has 0 spiro atoms. The normalized spacial score (nSPS) is 20.7. The molecule has 0 unspecified atom stereocenters. The van der Waals surface area contributed by atoms with E-state index in [0.717, 1.165) is 24.8 Å². The molecule has 0 saturated heterocycles. The highest BCUT2D eigenvalue weighted by molar-refractivity contribution is 5.91. The first-order chi connectivity index (χ1) is 6.80. The van der Waals surface area contributed by atoms with Crippen molar-refractivity contribution in [3.63, 3.8) is 0 Å². The van der Waals surface area contributed by atoms with Crippen LogP contribution in [0.25, 0.3) is 0 Å². The van der Waals surface area contributed by atoms with E-state index < -0.39 is 0 Å². The topological polar surface area (TPSA) is 43.1 Å². The van der Waals surface area contributed by atoms with Gasteiger partial charge in [-0.05, 0) is 25.7 Å². The fourth-order valence-electron chi connectivity index (χ4n) is 1.95. The van der Waals surface area contributed by atoms with Crippen LogP contribution < -0.4 is 5.73 Å². The van der Waals surface area contributed by atoms with Crippen LogP contribution in [-0.2, 0) is 4.79 Å². The summed E-state index contributed by atoms with van der Waals surface area (Å²) in [6.45, 7) is 0. The Morgan fingerprint density at radius 1 is 1.00 bits per heavy atom. The van der Waals surface area contributed by atoms with Gasteiger partial charge in [0.05, 0.1) is 0 Å². The fourth-order valence-corrected chi connectivity index (χ4v) is 1.95. The average Bonchev–Trinajstić information content (AvgIpc) is 2.21. The van der Waals surface area contributed by atoms with Gasteiger partial charge in [0, 0.05) is 5.57 Å². The van der Waals surface area contributed by atoms with Crippen molar-refractivity contribution in [1.29, 1.82) is 0 Å². The molecule has 0 aliphatic heterocycles. The molecule has 0 bridgehead atoms. The highest BCUT2D eigenvalue weighted by Crippen LogP contribution is 2.16. The number of amides is 1. The van der Waals surface area contributed by atoms with Crippen LogP contribution in [-0.4, -0.2) is 5.91 Å². The number of allylic oxidation sites excluding steroid dienone is 1. The van der Waals surface area contributed by atoms with E-state index in [1.54, 1.807) is 0 Å². The van der Waals surface area contributed by atoms with Gasteiger partial charge in [-0.25, -0.2) is 0 Å². The van der Waals surface area contributed by atoms with Gasteiger partial charge < -0.3 is 5.73 Å². The molecular weight excluding hydrogens is 174 g/mol. The van der Waals surface area contributed by atoms with Gasteiger partial charge >= 0.3 is 0 Å². The van der Waals surface area contributed by atoms with Gasteiger partial charge in [0.15, 0.2) is 0 Å². The smallest absolute Gasteiger partial charge is 0.244 e. The maximum absolute atomic E-state index is 11.1. The molecule has 2 heteroatoms. The minimum atomic E-state index is -0.218. The number of primary amides is 1. The molecule has 1 aliphatic rings. The quantitative estimate of drug-likeness (QED) is 0.687. The van der Waals surface area contributed by atoms with Crippen molar-refractivity contribution in [2.24, 2.45) is 5.73 Å². The largest absolute Gasteiger partial charge is 0.366 e. The number of hydrogen-bond acceptors (Lipinski definition) is 1. The maximum Gasteiger partial charge on any atom is 0.244 e. The van der Waals surface area contributed by atoms with Crippen LogP contribution in [0.3, 0.4) is 0 Å². The fraction of sp³-hybridized carbons (Fsp3) is 0.750. The summed E-state index contributed by atoms with van der Waals surface area (Å²) in [5.74, 6) is -0.218. The molecule has 1 aliphatic carbocycles. The van der Waals surface area contributed by atoms with Crippen molar-refractivity contribution in [3.8, 4) is 0 Å². The first-order valence-corrected chi connectivity index (χ1v) is 5.79. The lowest BCUT2D eigenvalue weighted by Crippen LogP contribution is -2.13. The average molecular weight is 195 g/mol. The van der Waals surface area contributed by atoms with Crippen LogP contribution in [0.1, 0.15) is 57.8 Å². The van der Waals surface area contributed by atoms with E-state index in [1.807, 2.05) is 6.08 Å². The first-order valence-electron chi connectivity index (χ1n) is 5.79. The lowest BCUT2D eigenvalue weighted by Gasteiger charge is -2.02. The van der Waals surface area contributed by atoms with Crippen LogP contribution in [0.4, 0.5) is 0 Å². The van der Waals surface area contributed by atoms with Crippen LogP contribution in [0.2, 0.25) is 0 Å². The Labute approximate surface area is 86.6 Å². The molecule has 1 rings (SSSR count). The van der Waals surface area contributed by atoms with Gasteiger partial charge in [-0.15, -0.1) is 0 Å². The number of carbonyl (C=O) groups excluding carboxylic acids is 1. The summed E-state index contributed by atoms with van der Waals surface area (Å²) in [6.07, 6.45) is 12.8. The molecule has 0 aromatic heterocycles. The van der Waals surface area contributed by atoms with E-state index in [9.17, 15) is 4.79 Å². The van der Waals surface area contributed by atoms with Gasteiger partial charge in [-0.2, -0.15) is 0 Å². The Hall–Kier alpha value is -0.790. The third kappa shape index (κ3) is 4.45. The van der Waals surface area contributed by atoms with Gasteiger partial charge in [0.25, 0.3) is 0 Å². The zero-order valence-electron chi connectivity index (χ0n) is 8.93. The van der Waals surface area contributed by atoms with Crippen LogP contribution >= 0.6 is 0 Å². The van der Waals surface area contributed by atoms with Crippen molar-refractivity contribution in [2.75, 3.05) is 0 Å². The number of nitrogens with two attached hydrogens (primary N) is 1. The van der Waals surface area contributed by atoms with E-state index in [-0.39, 0.29) is 5.91 Å². The van der Waals surface area contributed by atoms with E-state index in [2.05, 4.69) is 0 Å². The zero-order valence-corrected chi connectivity index (χ0v) is 8.93. The Balaban J connectivity index is 2.44. The molecule has 0 heterocycles. The monoisotopic (exact) mass is 195 g/mol. The van der Waals surface area contributed by atoms with Gasteiger partial charge in [0.1, 0.15) is 0 Å². The number of rotatable bonds is 1. The zero-order chi connectivity index (χ0) is 10.2. The van der Waals surface area contributed by atoms with Crippen molar-refractivity contribution in [2.45, 2.75) is 57.8 Å². The second-order valence-corrected chi connectivity index (χ2v) is 4.11. The maximum atomic E-state index is 11.1. The van der Waals surface area contributed by atoms with Crippen LogP contribution in [0, 0.1) is 0 Å². The predicted octanol–water partition coefficient (Wildman–Crippen LogP) is 2.92. The Kier molecular flexibility index (Phi) is 5.35. The van der Waals surface area contributed by atoms with Crippen LogP contribution in [0.15, 0.2) is 11.6 Å². The standard InChI is InChI=1S/C12H21NO/c13-12(14)11-9-7-5-3-1-2-4-6-8-10-11/h9H,1-8,10H2,(H2,13,14). The minimum Gasteiger partial charge on any atom is -0.366 e. The molecule has 14 heavy (non-hydrogen) atoms. The number of hydrogen-bond donors (Lipinski definition) is 1. The Morgan fingerprint density at radius 2 is 1.57 bits per heavy atom. The first kappa shape index (κ1) is 11.3. The molecule has 80 valence electrons. The van der Waals surface area contributed by atoms with Crippen molar-refractivity contribution in [1.82, 2.24) is 0 Å².